The summed E-state index contributed by atoms with van der Waals surface area (Å²) < 4.78 is 29.0. The van der Waals surface area contributed by atoms with Gasteiger partial charge in [0.2, 0.25) is 0 Å². The number of aromatic nitrogens is 2. The van der Waals surface area contributed by atoms with Gasteiger partial charge in [0, 0.05) is 24.4 Å². The van der Waals surface area contributed by atoms with Gasteiger partial charge < -0.3 is 5.32 Å². The number of benzene rings is 1. The van der Waals surface area contributed by atoms with Gasteiger partial charge in [-0.05, 0) is 25.1 Å². The highest BCUT2D eigenvalue weighted by Gasteiger charge is 2.50. The van der Waals surface area contributed by atoms with Gasteiger partial charge in [-0.3, -0.25) is 14.4 Å². The second kappa shape index (κ2) is 5.15. The molecule has 1 aliphatic heterocycles. The summed E-state index contributed by atoms with van der Waals surface area (Å²) in [6.45, 7) is 1.36. The van der Waals surface area contributed by atoms with Gasteiger partial charge in [-0.25, -0.2) is 13.6 Å². The maximum absolute atomic E-state index is 14.0. The molecule has 1 saturated heterocycles. The Morgan fingerprint density at radius 3 is 2.70 bits per heavy atom. The molecule has 120 valence electrons. The van der Waals surface area contributed by atoms with Crippen LogP contribution in [0.25, 0.3) is 0 Å². The molecule has 2 aromatic rings. The molecule has 2 heterocycles. The van der Waals surface area contributed by atoms with Crippen molar-refractivity contribution in [2.75, 3.05) is 0 Å². The summed E-state index contributed by atoms with van der Waals surface area (Å²) in [6.07, 6.45) is 3.19. The molecule has 6 nitrogen and oxygen atoms in total. The summed E-state index contributed by atoms with van der Waals surface area (Å²) in [4.78, 5) is 25.7. The van der Waals surface area contributed by atoms with Crippen LogP contribution in [0.3, 0.4) is 0 Å². The number of hydrogen-bond acceptors (Lipinski definition) is 3. The Kier molecular flexibility index (Phi) is 3.39. The van der Waals surface area contributed by atoms with E-state index in [0.717, 1.165) is 23.1 Å². The first kappa shape index (κ1) is 15.1. The van der Waals surface area contributed by atoms with Gasteiger partial charge in [0.05, 0.1) is 12.7 Å². The van der Waals surface area contributed by atoms with Gasteiger partial charge in [0.25, 0.3) is 5.91 Å². The monoisotopic (exact) mass is 320 g/mol. The number of aryl methyl sites for hydroxylation is 1. The van der Waals surface area contributed by atoms with Gasteiger partial charge in [0.1, 0.15) is 17.2 Å². The lowest BCUT2D eigenvalue weighted by molar-refractivity contribution is -0.131. The number of urea groups is 1. The van der Waals surface area contributed by atoms with Gasteiger partial charge in [-0.15, -0.1) is 0 Å². The van der Waals surface area contributed by atoms with Crippen LogP contribution in [0, 0.1) is 11.6 Å². The third-order valence-corrected chi connectivity index (χ3v) is 3.84. The molecule has 0 aliphatic carbocycles. The third kappa shape index (κ3) is 2.45. The zero-order valence-electron chi connectivity index (χ0n) is 12.5. The summed E-state index contributed by atoms with van der Waals surface area (Å²) >= 11 is 0. The minimum Gasteiger partial charge on any atom is -0.319 e. The highest BCUT2D eigenvalue weighted by atomic mass is 19.1. The maximum Gasteiger partial charge on any atom is 0.325 e. The van der Waals surface area contributed by atoms with Crippen LogP contribution in [-0.4, -0.2) is 26.6 Å². The van der Waals surface area contributed by atoms with Gasteiger partial charge in [-0.1, -0.05) is 0 Å². The fourth-order valence-electron chi connectivity index (χ4n) is 2.64. The second-order valence-electron chi connectivity index (χ2n) is 5.59. The smallest absolute Gasteiger partial charge is 0.319 e. The molecule has 1 aromatic heterocycles. The number of carbonyl (C=O) groups is 2. The zero-order valence-corrected chi connectivity index (χ0v) is 12.5. The summed E-state index contributed by atoms with van der Waals surface area (Å²) in [5, 5.41) is 6.41. The molecule has 1 atom stereocenters. The molecule has 1 aromatic carbocycles. The number of halogens is 2. The third-order valence-electron chi connectivity index (χ3n) is 3.84. The standard InChI is InChI=1S/C15H14F2N4O2/c1-15(11-5-10(16)3-4-12(11)17)13(22)21(14(23)19-15)8-9-6-18-20(2)7-9/h3-7H,8H2,1-2H3,(H,19,23). The quantitative estimate of drug-likeness (QED) is 0.875. The fourth-order valence-corrected chi connectivity index (χ4v) is 2.64. The summed E-state index contributed by atoms with van der Waals surface area (Å²) in [6, 6.07) is 2.14. The van der Waals surface area contributed by atoms with Crippen LogP contribution in [0.4, 0.5) is 13.6 Å². The Labute approximate surface area is 130 Å². The average Bonchev–Trinajstić information content (AvgIpc) is 2.99. The minimum atomic E-state index is -1.65. The molecule has 3 rings (SSSR count). The molecular weight excluding hydrogens is 306 g/mol. The maximum atomic E-state index is 14.0. The Morgan fingerprint density at radius 2 is 2.04 bits per heavy atom. The Balaban J connectivity index is 1.95. The molecule has 8 heteroatoms. The summed E-state index contributed by atoms with van der Waals surface area (Å²) in [5.74, 6) is -2.09. The van der Waals surface area contributed by atoms with Crippen molar-refractivity contribution in [2.45, 2.75) is 19.0 Å². The summed E-state index contributed by atoms with van der Waals surface area (Å²) in [7, 11) is 1.71. The molecule has 23 heavy (non-hydrogen) atoms. The van der Waals surface area contributed by atoms with Crippen molar-refractivity contribution < 1.29 is 18.4 Å². The van der Waals surface area contributed by atoms with Crippen LogP contribution < -0.4 is 5.32 Å². The van der Waals surface area contributed by atoms with E-state index in [-0.39, 0.29) is 12.1 Å². The lowest BCUT2D eigenvalue weighted by atomic mass is 9.91. The van der Waals surface area contributed by atoms with E-state index in [1.807, 2.05) is 0 Å². The SMILES string of the molecule is Cn1cc(CN2C(=O)NC(C)(c3cc(F)ccc3F)C2=O)cn1. The van der Waals surface area contributed by atoms with Crippen LogP contribution >= 0.6 is 0 Å². The topological polar surface area (TPSA) is 67.2 Å². The number of nitrogens with zero attached hydrogens (tertiary/aromatic N) is 3. The van der Waals surface area contributed by atoms with Crippen LogP contribution in [0.1, 0.15) is 18.1 Å². The molecule has 1 aliphatic rings. The molecule has 0 bridgehead atoms. The zero-order chi connectivity index (χ0) is 16.8. The van der Waals surface area contributed by atoms with E-state index >= 15 is 0 Å². The average molecular weight is 320 g/mol. The van der Waals surface area contributed by atoms with E-state index in [0.29, 0.717) is 5.56 Å². The van der Waals surface area contributed by atoms with Crippen LogP contribution in [0.15, 0.2) is 30.6 Å². The minimum absolute atomic E-state index is 0.00499. The molecule has 1 fully saturated rings. The fraction of sp³-hybridized carbons (Fsp3) is 0.267. The highest BCUT2D eigenvalue weighted by Crippen LogP contribution is 2.31. The van der Waals surface area contributed by atoms with E-state index < -0.39 is 29.1 Å². The van der Waals surface area contributed by atoms with Crippen LogP contribution in [0.5, 0.6) is 0 Å². The Hall–Kier alpha value is -2.77. The van der Waals surface area contributed by atoms with E-state index in [1.54, 1.807) is 17.9 Å². The normalized spacial score (nSPS) is 21.0. The van der Waals surface area contributed by atoms with Crippen molar-refractivity contribution in [3.05, 3.63) is 53.4 Å². The first-order valence-electron chi connectivity index (χ1n) is 6.88. The molecule has 3 amide bonds. The number of carbonyl (C=O) groups excluding carboxylic acids is 2. The predicted molar refractivity (Wildman–Crippen MR) is 76.0 cm³/mol. The molecule has 1 N–H and O–H groups in total. The van der Waals surface area contributed by atoms with Crippen LogP contribution in [0.2, 0.25) is 0 Å². The predicted octanol–water partition coefficient (Wildman–Crippen LogP) is 1.67. The van der Waals surface area contributed by atoms with Gasteiger partial charge >= 0.3 is 6.03 Å². The van der Waals surface area contributed by atoms with Crippen LogP contribution in [-0.2, 0) is 23.9 Å². The van der Waals surface area contributed by atoms with E-state index in [9.17, 15) is 18.4 Å². The van der Waals surface area contributed by atoms with E-state index in [2.05, 4.69) is 10.4 Å². The molecule has 1 unspecified atom stereocenters. The Bertz CT molecular complexity index is 805. The number of nitrogens with one attached hydrogen (secondary N) is 1. The number of imide groups is 1. The highest BCUT2D eigenvalue weighted by molar-refractivity contribution is 6.07. The largest absolute Gasteiger partial charge is 0.325 e. The Morgan fingerprint density at radius 1 is 1.30 bits per heavy atom. The molecular formula is C15H14F2N4O2. The summed E-state index contributed by atoms with van der Waals surface area (Å²) in [5.41, 5.74) is -1.20. The van der Waals surface area contributed by atoms with Crippen molar-refractivity contribution >= 4 is 11.9 Å². The lowest BCUT2D eigenvalue weighted by Crippen LogP contribution is -2.41. The molecule has 0 saturated carbocycles. The van der Waals surface area contributed by atoms with Crippen molar-refractivity contribution in [3.63, 3.8) is 0 Å². The number of hydrogen-bond donors (Lipinski definition) is 1. The van der Waals surface area contributed by atoms with Gasteiger partial charge in [0.15, 0.2) is 0 Å². The van der Waals surface area contributed by atoms with E-state index in [4.69, 9.17) is 0 Å². The molecule has 0 spiro atoms. The van der Waals surface area contributed by atoms with Crippen molar-refractivity contribution in [2.24, 2.45) is 7.05 Å². The van der Waals surface area contributed by atoms with Gasteiger partial charge in [-0.2, -0.15) is 5.10 Å². The second-order valence-corrected chi connectivity index (χ2v) is 5.59. The molecule has 0 radical (unpaired) electrons. The number of rotatable bonds is 3. The van der Waals surface area contributed by atoms with Crippen molar-refractivity contribution in [3.8, 4) is 0 Å². The van der Waals surface area contributed by atoms with Crippen molar-refractivity contribution in [1.29, 1.82) is 0 Å². The first-order valence-corrected chi connectivity index (χ1v) is 6.88. The number of amides is 3. The first-order chi connectivity index (χ1) is 10.8. The van der Waals surface area contributed by atoms with E-state index in [1.165, 1.54) is 13.1 Å². The lowest BCUT2D eigenvalue weighted by Gasteiger charge is -2.22. The van der Waals surface area contributed by atoms with Crippen molar-refractivity contribution in [1.82, 2.24) is 20.0 Å².